The highest BCUT2D eigenvalue weighted by atomic mass is 16.5. The van der Waals surface area contributed by atoms with Gasteiger partial charge in [0.2, 0.25) is 11.8 Å². The van der Waals surface area contributed by atoms with Crippen molar-refractivity contribution in [3.63, 3.8) is 0 Å². The molecule has 0 aromatic heterocycles. The van der Waals surface area contributed by atoms with Crippen LogP contribution in [0.4, 0.5) is 0 Å². The third-order valence-corrected chi connectivity index (χ3v) is 5.27. The van der Waals surface area contributed by atoms with Crippen LogP contribution in [0.25, 0.3) is 0 Å². The minimum atomic E-state index is -0.122. The van der Waals surface area contributed by atoms with Crippen molar-refractivity contribution in [3.05, 3.63) is 71.3 Å². The summed E-state index contributed by atoms with van der Waals surface area (Å²) in [5.41, 5.74) is 3.69. The lowest BCUT2D eigenvalue weighted by molar-refractivity contribution is -0.127. The molecule has 1 aliphatic heterocycles. The number of carbonyl (C=O) groups is 2. The Morgan fingerprint density at radius 1 is 1.03 bits per heavy atom. The number of nitrogens with one attached hydrogen (secondary N) is 2. The first kappa shape index (κ1) is 21.1. The monoisotopic (exact) mass is 394 g/mol. The largest absolute Gasteiger partial charge is 0.371 e. The number of hydrogen-bond acceptors (Lipinski definition) is 3. The fraction of sp³-hybridized carbons (Fsp3) is 0.417. The second-order valence-electron chi connectivity index (χ2n) is 7.61. The molecular weight excluding hydrogens is 364 g/mol. The molecule has 2 amide bonds. The molecule has 2 aromatic carbocycles. The number of ether oxygens (including phenoxy) is 1. The zero-order valence-electron chi connectivity index (χ0n) is 17.0. The molecule has 0 saturated carbocycles. The van der Waals surface area contributed by atoms with Crippen LogP contribution >= 0.6 is 0 Å². The van der Waals surface area contributed by atoms with Gasteiger partial charge in [-0.3, -0.25) is 9.59 Å². The van der Waals surface area contributed by atoms with Crippen LogP contribution in [0, 0.1) is 0 Å². The SMILES string of the molecule is CC(CCc1ccccc1)NC(=O)CCC(=O)NCC1OCCc2ccccc21. The first-order valence-corrected chi connectivity index (χ1v) is 10.4. The number of amides is 2. The van der Waals surface area contributed by atoms with E-state index in [9.17, 15) is 9.59 Å². The van der Waals surface area contributed by atoms with Gasteiger partial charge in [-0.25, -0.2) is 0 Å². The highest BCUT2D eigenvalue weighted by molar-refractivity contribution is 5.83. The predicted molar refractivity (Wildman–Crippen MR) is 113 cm³/mol. The average Bonchev–Trinajstić information content (AvgIpc) is 2.75. The van der Waals surface area contributed by atoms with Gasteiger partial charge < -0.3 is 15.4 Å². The maximum atomic E-state index is 12.2. The van der Waals surface area contributed by atoms with E-state index in [2.05, 4.69) is 34.9 Å². The van der Waals surface area contributed by atoms with E-state index in [0.717, 1.165) is 24.8 Å². The van der Waals surface area contributed by atoms with Gasteiger partial charge in [0.25, 0.3) is 0 Å². The molecule has 0 bridgehead atoms. The van der Waals surface area contributed by atoms with E-state index < -0.39 is 0 Å². The Balaban J connectivity index is 1.33. The fourth-order valence-electron chi connectivity index (χ4n) is 3.61. The minimum absolute atomic E-state index is 0.0814. The molecule has 5 nitrogen and oxygen atoms in total. The molecule has 0 saturated heterocycles. The summed E-state index contributed by atoms with van der Waals surface area (Å²) in [7, 11) is 0. The van der Waals surface area contributed by atoms with E-state index in [1.165, 1.54) is 11.1 Å². The molecule has 0 radical (unpaired) electrons. The van der Waals surface area contributed by atoms with E-state index in [1.54, 1.807) is 0 Å². The highest BCUT2D eigenvalue weighted by Gasteiger charge is 2.21. The predicted octanol–water partition coefficient (Wildman–Crippen LogP) is 3.33. The number of fused-ring (bicyclic) bond motifs is 1. The third-order valence-electron chi connectivity index (χ3n) is 5.27. The molecule has 0 aliphatic carbocycles. The van der Waals surface area contributed by atoms with Crippen LogP contribution in [0.15, 0.2) is 54.6 Å². The van der Waals surface area contributed by atoms with Gasteiger partial charge in [0, 0.05) is 25.4 Å². The molecule has 29 heavy (non-hydrogen) atoms. The summed E-state index contributed by atoms with van der Waals surface area (Å²) >= 11 is 0. The lowest BCUT2D eigenvalue weighted by Gasteiger charge is -2.26. The first-order chi connectivity index (χ1) is 14.1. The van der Waals surface area contributed by atoms with Crippen molar-refractivity contribution < 1.29 is 14.3 Å². The molecular formula is C24H30N2O3. The van der Waals surface area contributed by atoms with Crippen molar-refractivity contribution in [1.29, 1.82) is 0 Å². The summed E-state index contributed by atoms with van der Waals surface area (Å²) in [6, 6.07) is 18.5. The standard InChI is InChI=1S/C24H30N2O3/c1-18(11-12-19-7-3-2-4-8-19)26-24(28)14-13-23(27)25-17-22-21-10-6-5-9-20(21)15-16-29-22/h2-10,18,22H,11-17H2,1H3,(H,25,27)(H,26,28). The van der Waals surface area contributed by atoms with Gasteiger partial charge in [-0.1, -0.05) is 54.6 Å². The summed E-state index contributed by atoms with van der Waals surface area (Å²) in [4.78, 5) is 24.3. The molecule has 1 aliphatic rings. The van der Waals surface area contributed by atoms with E-state index in [0.29, 0.717) is 13.2 Å². The molecule has 0 fully saturated rings. The summed E-state index contributed by atoms with van der Waals surface area (Å²) in [6.45, 7) is 3.10. The van der Waals surface area contributed by atoms with Crippen molar-refractivity contribution in [2.45, 2.75) is 51.2 Å². The summed E-state index contributed by atoms with van der Waals surface area (Å²) in [5, 5.41) is 5.89. The fourth-order valence-corrected chi connectivity index (χ4v) is 3.61. The van der Waals surface area contributed by atoms with E-state index in [-0.39, 0.29) is 36.8 Å². The van der Waals surface area contributed by atoms with Crippen molar-refractivity contribution >= 4 is 11.8 Å². The summed E-state index contributed by atoms with van der Waals surface area (Å²) < 4.78 is 5.80. The quantitative estimate of drug-likeness (QED) is 0.686. The van der Waals surface area contributed by atoms with Crippen molar-refractivity contribution in [2.24, 2.45) is 0 Å². The molecule has 5 heteroatoms. The Morgan fingerprint density at radius 3 is 2.59 bits per heavy atom. The molecule has 2 unspecified atom stereocenters. The Kier molecular flexibility index (Phi) is 7.82. The second-order valence-corrected chi connectivity index (χ2v) is 7.61. The topological polar surface area (TPSA) is 67.4 Å². The number of carbonyl (C=O) groups excluding carboxylic acids is 2. The van der Waals surface area contributed by atoms with Gasteiger partial charge in [0.05, 0.1) is 6.61 Å². The second kappa shape index (κ2) is 10.8. The van der Waals surface area contributed by atoms with E-state index >= 15 is 0 Å². The molecule has 2 aromatic rings. The molecule has 0 spiro atoms. The Bertz CT molecular complexity index is 807. The van der Waals surface area contributed by atoms with Gasteiger partial charge in [0.1, 0.15) is 6.10 Å². The lowest BCUT2D eigenvalue weighted by atomic mass is 9.97. The van der Waals surface area contributed by atoms with Crippen LogP contribution < -0.4 is 10.6 Å². The van der Waals surface area contributed by atoms with Crippen LogP contribution in [0.5, 0.6) is 0 Å². The Morgan fingerprint density at radius 2 is 1.76 bits per heavy atom. The Labute approximate surface area is 172 Å². The van der Waals surface area contributed by atoms with Crippen LogP contribution in [0.1, 0.15) is 49.0 Å². The number of rotatable bonds is 9. The molecule has 2 atom stereocenters. The number of benzene rings is 2. The van der Waals surface area contributed by atoms with Crippen molar-refractivity contribution in [3.8, 4) is 0 Å². The third kappa shape index (κ3) is 6.71. The maximum absolute atomic E-state index is 12.2. The number of aryl methyl sites for hydroxylation is 1. The smallest absolute Gasteiger partial charge is 0.220 e. The maximum Gasteiger partial charge on any atom is 0.220 e. The van der Waals surface area contributed by atoms with E-state index in [1.807, 2.05) is 37.3 Å². The van der Waals surface area contributed by atoms with Crippen LogP contribution in [0.3, 0.4) is 0 Å². The van der Waals surface area contributed by atoms with Crippen molar-refractivity contribution in [1.82, 2.24) is 10.6 Å². The molecule has 2 N–H and O–H groups in total. The van der Waals surface area contributed by atoms with Gasteiger partial charge in [-0.05, 0) is 42.9 Å². The summed E-state index contributed by atoms with van der Waals surface area (Å²) in [6.07, 6.45) is 2.97. The van der Waals surface area contributed by atoms with Crippen LogP contribution in [-0.4, -0.2) is 31.0 Å². The lowest BCUT2D eigenvalue weighted by Crippen LogP contribution is -2.35. The highest BCUT2D eigenvalue weighted by Crippen LogP contribution is 2.26. The van der Waals surface area contributed by atoms with Crippen LogP contribution in [-0.2, 0) is 27.2 Å². The minimum Gasteiger partial charge on any atom is -0.371 e. The van der Waals surface area contributed by atoms with Gasteiger partial charge >= 0.3 is 0 Å². The normalized spacial score (nSPS) is 16.5. The molecule has 1 heterocycles. The zero-order chi connectivity index (χ0) is 20.5. The Hall–Kier alpha value is -2.66. The number of hydrogen-bond donors (Lipinski definition) is 2. The van der Waals surface area contributed by atoms with Gasteiger partial charge in [0.15, 0.2) is 0 Å². The van der Waals surface area contributed by atoms with Crippen LogP contribution in [0.2, 0.25) is 0 Å². The molecule has 3 rings (SSSR count). The first-order valence-electron chi connectivity index (χ1n) is 10.4. The average molecular weight is 395 g/mol. The molecule has 154 valence electrons. The van der Waals surface area contributed by atoms with Gasteiger partial charge in [-0.15, -0.1) is 0 Å². The van der Waals surface area contributed by atoms with E-state index in [4.69, 9.17) is 4.74 Å². The van der Waals surface area contributed by atoms with Gasteiger partial charge in [-0.2, -0.15) is 0 Å². The van der Waals surface area contributed by atoms with Crippen molar-refractivity contribution in [2.75, 3.05) is 13.2 Å². The zero-order valence-corrected chi connectivity index (χ0v) is 17.0. The summed E-state index contributed by atoms with van der Waals surface area (Å²) in [5.74, 6) is -0.205.